The number of rotatable bonds is 9. The predicted octanol–water partition coefficient (Wildman–Crippen LogP) is 17.1. The van der Waals surface area contributed by atoms with E-state index in [0.29, 0.717) is 11.6 Å². The Hall–Kier alpha value is -9.38. The van der Waals surface area contributed by atoms with E-state index in [-0.39, 0.29) is 0 Å². The smallest absolute Gasteiger partial charge is 0.161 e. The Morgan fingerprint density at radius 1 is 0.186 bits per heavy atom. The fourth-order valence-electron chi connectivity index (χ4n) is 10.1. The standard InChI is InChI=1S/C66H42N4/c1-5-18-43(19-6-1)48-28-15-29-51(38-48)63-42-62(46-24-11-4-12-25-46)67-65(70-63)56-31-14-13-30-52(56)49-35-37-57(66-68-60(44-20-7-2-8-21-44)41-61(69-66)45-22-9-3-10-23-45)58(39-49)50-34-36-53-54-32-16-26-47-27-17-33-55(64(47)54)59(53)40-50/h1-42H. The van der Waals surface area contributed by atoms with Gasteiger partial charge in [0, 0.05) is 33.4 Å². The molecule has 326 valence electrons. The van der Waals surface area contributed by atoms with Crippen LogP contribution in [0.25, 0.3) is 134 Å². The number of benzene rings is 10. The third-order valence-corrected chi connectivity index (χ3v) is 13.5. The van der Waals surface area contributed by atoms with E-state index >= 15 is 0 Å². The first-order chi connectivity index (χ1) is 34.7. The van der Waals surface area contributed by atoms with Gasteiger partial charge >= 0.3 is 0 Å². The fourth-order valence-corrected chi connectivity index (χ4v) is 10.1. The molecule has 0 saturated carbocycles. The molecule has 0 spiro atoms. The second-order valence-electron chi connectivity index (χ2n) is 17.7. The summed E-state index contributed by atoms with van der Waals surface area (Å²) in [4.78, 5) is 21.4. The maximum atomic E-state index is 5.39. The summed E-state index contributed by atoms with van der Waals surface area (Å²) in [6, 6.07) is 89.8. The predicted molar refractivity (Wildman–Crippen MR) is 288 cm³/mol. The zero-order chi connectivity index (χ0) is 46.4. The van der Waals surface area contributed by atoms with E-state index in [0.717, 1.165) is 89.5 Å². The summed E-state index contributed by atoms with van der Waals surface area (Å²) in [6.45, 7) is 0. The molecule has 70 heavy (non-hydrogen) atoms. The number of nitrogens with zero attached hydrogens (tertiary/aromatic N) is 4. The third-order valence-electron chi connectivity index (χ3n) is 13.5. The van der Waals surface area contributed by atoms with Crippen LogP contribution in [0.15, 0.2) is 255 Å². The number of fused-ring (bicyclic) bond motifs is 3. The van der Waals surface area contributed by atoms with E-state index in [9.17, 15) is 0 Å². The van der Waals surface area contributed by atoms with Crippen LogP contribution in [0, 0.1) is 0 Å². The lowest BCUT2D eigenvalue weighted by Gasteiger charge is -2.17. The highest BCUT2D eigenvalue weighted by atomic mass is 14.9. The molecule has 10 aromatic carbocycles. The summed E-state index contributed by atoms with van der Waals surface area (Å²) >= 11 is 0. The monoisotopic (exact) mass is 890 g/mol. The minimum absolute atomic E-state index is 0.650. The Morgan fingerprint density at radius 3 is 1.14 bits per heavy atom. The molecule has 1 aliphatic carbocycles. The Morgan fingerprint density at radius 2 is 0.571 bits per heavy atom. The molecule has 0 N–H and O–H groups in total. The Labute approximate surface area is 407 Å². The van der Waals surface area contributed by atoms with Gasteiger partial charge in [-0.1, -0.05) is 218 Å². The van der Waals surface area contributed by atoms with E-state index in [4.69, 9.17) is 19.9 Å². The molecule has 0 unspecified atom stereocenters. The van der Waals surface area contributed by atoms with E-state index in [1.165, 1.54) is 33.0 Å². The molecular formula is C66H42N4. The van der Waals surface area contributed by atoms with Crippen LogP contribution < -0.4 is 0 Å². The average molecular weight is 891 g/mol. The maximum absolute atomic E-state index is 5.39. The van der Waals surface area contributed by atoms with Crippen LogP contribution in [-0.4, -0.2) is 19.9 Å². The molecule has 0 radical (unpaired) electrons. The van der Waals surface area contributed by atoms with Gasteiger partial charge in [0.2, 0.25) is 0 Å². The number of hydrogen-bond donors (Lipinski definition) is 0. The van der Waals surface area contributed by atoms with E-state index in [1.807, 2.05) is 24.3 Å². The van der Waals surface area contributed by atoms with Crippen molar-refractivity contribution in [2.75, 3.05) is 0 Å². The highest BCUT2D eigenvalue weighted by Crippen LogP contribution is 2.49. The van der Waals surface area contributed by atoms with Crippen LogP contribution in [0.3, 0.4) is 0 Å². The molecule has 0 saturated heterocycles. The van der Waals surface area contributed by atoms with E-state index < -0.39 is 0 Å². The molecule has 13 rings (SSSR count). The van der Waals surface area contributed by atoms with Gasteiger partial charge in [0.1, 0.15) is 0 Å². The maximum Gasteiger partial charge on any atom is 0.161 e. The Bertz CT molecular complexity index is 3860. The zero-order valence-electron chi connectivity index (χ0n) is 38.0. The van der Waals surface area contributed by atoms with E-state index in [1.54, 1.807) is 0 Å². The third kappa shape index (κ3) is 7.45. The number of aromatic nitrogens is 4. The minimum atomic E-state index is 0.650. The van der Waals surface area contributed by atoms with E-state index in [2.05, 4.69) is 231 Å². The van der Waals surface area contributed by atoms with Crippen LogP contribution in [0.2, 0.25) is 0 Å². The van der Waals surface area contributed by atoms with Crippen LogP contribution in [0.4, 0.5) is 0 Å². The first-order valence-corrected chi connectivity index (χ1v) is 23.7. The summed E-state index contributed by atoms with van der Waals surface area (Å²) < 4.78 is 0. The summed E-state index contributed by atoms with van der Waals surface area (Å²) in [5.74, 6) is 1.31. The normalized spacial score (nSPS) is 11.4. The Balaban J connectivity index is 1.01. The van der Waals surface area contributed by atoms with Crippen LogP contribution in [0.1, 0.15) is 0 Å². The first kappa shape index (κ1) is 40.9. The second-order valence-corrected chi connectivity index (χ2v) is 17.7. The molecule has 0 bridgehead atoms. The van der Waals surface area contributed by atoms with Gasteiger partial charge in [-0.25, -0.2) is 19.9 Å². The highest BCUT2D eigenvalue weighted by Gasteiger charge is 2.24. The van der Waals surface area contributed by atoms with Crippen molar-refractivity contribution in [2.24, 2.45) is 0 Å². The van der Waals surface area contributed by atoms with Crippen LogP contribution in [-0.2, 0) is 0 Å². The lowest BCUT2D eigenvalue weighted by molar-refractivity contribution is 1.18. The first-order valence-electron chi connectivity index (χ1n) is 23.7. The average Bonchev–Trinajstić information content (AvgIpc) is 3.77. The molecule has 1 aliphatic rings. The topological polar surface area (TPSA) is 51.6 Å². The summed E-state index contributed by atoms with van der Waals surface area (Å²) in [5.41, 5.74) is 20.9. The number of hydrogen-bond acceptors (Lipinski definition) is 4. The lowest BCUT2D eigenvalue weighted by atomic mass is 9.90. The largest absolute Gasteiger partial charge is 0.228 e. The lowest BCUT2D eigenvalue weighted by Crippen LogP contribution is -1.99. The van der Waals surface area contributed by atoms with Crippen molar-refractivity contribution in [1.29, 1.82) is 0 Å². The molecular weight excluding hydrogens is 849 g/mol. The van der Waals surface area contributed by atoms with Gasteiger partial charge < -0.3 is 0 Å². The van der Waals surface area contributed by atoms with Gasteiger partial charge in [-0.05, 0) is 103 Å². The molecule has 0 aliphatic heterocycles. The zero-order valence-corrected chi connectivity index (χ0v) is 38.0. The van der Waals surface area contributed by atoms with Gasteiger partial charge in [0.05, 0.1) is 22.8 Å². The summed E-state index contributed by atoms with van der Waals surface area (Å²) in [6.07, 6.45) is 0. The van der Waals surface area contributed by atoms with Gasteiger partial charge in [-0.2, -0.15) is 0 Å². The summed E-state index contributed by atoms with van der Waals surface area (Å²) in [5, 5.41) is 2.55. The van der Waals surface area contributed by atoms with Gasteiger partial charge in [0.15, 0.2) is 11.6 Å². The molecule has 2 aromatic heterocycles. The molecule has 4 heteroatoms. The second kappa shape index (κ2) is 17.4. The van der Waals surface area contributed by atoms with Crippen molar-refractivity contribution in [1.82, 2.24) is 19.9 Å². The van der Waals surface area contributed by atoms with Gasteiger partial charge in [0.25, 0.3) is 0 Å². The molecule has 0 atom stereocenters. The van der Waals surface area contributed by atoms with Crippen LogP contribution >= 0.6 is 0 Å². The van der Waals surface area contributed by atoms with Crippen molar-refractivity contribution in [2.45, 2.75) is 0 Å². The molecule has 12 aromatic rings. The molecule has 0 amide bonds. The van der Waals surface area contributed by atoms with Crippen molar-refractivity contribution < 1.29 is 0 Å². The SMILES string of the molecule is c1ccc(-c2cccc(-c3cc(-c4ccccc4)nc(-c4ccccc4-c4ccc(-c5nc(-c6ccccc6)cc(-c6ccccc6)n5)c(-c5ccc6c(c5)-c5cccc7cccc-6c57)c4)n3)c2)cc1. The highest BCUT2D eigenvalue weighted by molar-refractivity contribution is 6.15. The Kier molecular flexibility index (Phi) is 10.1. The fraction of sp³-hybridized carbons (Fsp3) is 0. The molecule has 2 heterocycles. The van der Waals surface area contributed by atoms with Gasteiger partial charge in [-0.15, -0.1) is 0 Å². The van der Waals surface area contributed by atoms with Crippen molar-refractivity contribution >= 4 is 10.8 Å². The summed E-state index contributed by atoms with van der Waals surface area (Å²) in [7, 11) is 0. The molecule has 0 fully saturated rings. The van der Waals surface area contributed by atoms with Crippen LogP contribution in [0.5, 0.6) is 0 Å². The van der Waals surface area contributed by atoms with Crippen molar-refractivity contribution in [3.63, 3.8) is 0 Å². The van der Waals surface area contributed by atoms with Gasteiger partial charge in [-0.3, -0.25) is 0 Å². The van der Waals surface area contributed by atoms with Crippen molar-refractivity contribution in [3.8, 4) is 123 Å². The minimum Gasteiger partial charge on any atom is -0.228 e. The molecule has 4 nitrogen and oxygen atoms in total. The van der Waals surface area contributed by atoms with Crippen molar-refractivity contribution in [3.05, 3.63) is 255 Å². The quantitative estimate of drug-likeness (QED) is 0.145.